The number of phenols is 1. The Morgan fingerprint density at radius 1 is 1.32 bits per heavy atom. The molecule has 0 bridgehead atoms. The van der Waals surface area contributed by atoms with Crippen LogP contribution in [0.1, 0.15) is 10.4 Å². The summed E-state index contributed by atoms with van der Waals surface area (Å²) in [5.41, 5.74) is 0.791. The third kappa shape index (κ3) is 3.06. The minimum Gasteiger partial charge on any atom is -0.507 e. The molecule has 19 heavy (non-hydrogen) atoms. The van der Waals surface area contributed by atoms with Crippen LogP contribution in [0.3, 0.4) is 0 Å². The van der Waals surface area contributed by atoms with E-state index >= 15 is 0 Å². The van der Waals surface area contributed by atoms with E-state index < -0.39 is 5.97 Å². The Morgan fingerprint density at radius 3 is 2.58 bits per heavy atom. The normalized spacial score (nSPS) is 16.3. The van der Waals surface area contributed by atoms with Gasteiger partial charge in [-0.05, 0) is 18.2 Å². The van der Waals surface area contributed by atoms with Crippen molar-refractivity contribution in [2.75, 3.05) is 37.6 Å². The molecule has 1 fully saturated rings. The SMILES string of the molecule is C=CCN1CCN(c2ccc(O)c(C(=O)O)c2)CC1. The summed E-state index contributed by atoms with van der Waals surface area (Å²) in [7, 11) is 0. The molecule has 5 nitrogen and oxygen atoms in total. The molecule has 1 heterocycles. The number of carboxylic acids is 1. The topological polar surface area (TPSA) is 64.0 Å². The number of carbonyl (C=O) groups is 1. The smallest absolute Gasteiger partial charge is 0.339 e. The first kappa shape index (κ1) is 13.4. The lowest BCUT2D eigenvalue weighted by molar-refractivity contribution is 0.0694. The van der Waals surface area contributed by atoms with Gasteiger partial charge in [0.25, 0.3) is 0 Å². The zero-order valence-electron chi connectivity index (χ0n) is 10.7. The number of hydrogen-bond acceptors (Lipinski definition) is 4. The van der Waals surface area contributed by atoms with Gasteiger partial charge >= 0.3 is 5.97 Å². The lowest BCUT2D eigenvalue weighted by atomic mass is 10.1. The molecule has 5 heteroatoms. The third-order valence-corrected chi connectivity index (χ3v) is 3.34. The monoisotopic (exact) mass is 262 g/mol. The highest BCUT2D eigenvalue weighted by molar-refractivity contribution is 5.92. The summed E-state index contributed by atoms with van der Waals surface area (Å²) in [6.07, 6.45) is 1.89. The number of aromatic hydroxyl groups is 1. The van der Waals surface area contributed by atoms with Crippen molar-refractivity contribution >= 4 is 11.7 Å². The van der Waals surface area contributed by atoms with Crippen LogP contribution in [-0.4, -0.2) is 53.8 Å². The molecule has 0 radical (unpaired) electrons. The van der Waals surface area contributed by atoms with Crippen LogP contribution in [0.25, 0.3) is 0 Å². The molecule has 0 spiro atoms. The Kier molecular flexibility index (Phi) is 4.06. The van der Waals surface area contributed by atoms with Crippen LogP contribution >= 0.6 is 0 Å². The molecule has 0 atom stereocenters. The predicted octanol–water partition coefficient (Wildman–Crippen LogP) is 1.40. The Balaban J connectivity index is 2.09. The third-order valence-electron chi connectivity index (χ3n) is 3.34. The Bertz CT molecular complexity index is 480. The molecule has 1 aromatic carbocycles. The summed E-state index contributed by atoms with van der Waals surface area (Å²) in [6.45, 7) is 8.14. The summed E-state index contributed by atoms with van der Waals surface area (Å²) in [5, 5.41) is 18.5. The second kappa shape index (κ2) is 5.75. The molecule has 2 N–H and O–H groups in total. The molecule has 1 saturated heterocycles. The molecule has 0 unspecified atom stereocenters. The van der Waals surface area contributed by atoms with E-state index in [9.17, 15) is 9.90 Å². The molecular formula is C14H18N2O3. The first-order valence-corrected chi connectivity index (χ1v) is 6.26. The second-order valence-electron chi connectivity index (χ2n) is 4.58. The van der Waals surface area contributed by atoms with E-state index in [4.69, 9.17) is 5.11 Å². The first-order chi connectivity index (χ1) is 9.11. The van der Waals surface area contributed by atoms with Gasteiger partial charge in [-0.15, -0.1) is 6.58 Å². The van der Waals surface area contributed by atoms with Gasteiger partial charge in [0.05, 0.1) is 0 Å². The maximum atomic E-state index is 11.0. The predicted molar refractivity (Wildman–Crippen MR) is 73.9 cm³/mol. The maximum absolute atomic E-state index is 11.0. The summed E-state index contributed by atoms with van der Waals surface area (Å²) in [4.78, 5) is 15.4. The fourth-order valence-electron chi connectivity index (χ4n) is 2.26. The molecule has 0 amide bonds. The molecule has 1 aliphatic heterocycles. The summed E-state index contributed by atoms with van der Waals surface area (Å²) < 4.78 is 0. The number of hydrogen-bond donors (Lipinski definition) is 2. The molecule has 0 saturated carbocycles. The minimum atomic E-state index is -1.11. The van der Waals surface area contributed by atoms with Crippen molar-refractivity contribution in [2.45, 2.75) is 0 Å². The molecule has 0 aromatic heterocycles. The first-order valence-electron chi connectivity index (χ1n) is 6.26. The molecule has 1 aliphatic rings. The molecule has 1 aromatic rings. The molecule has 2 rings (SSSR count). The number of piperazine rings is 1. The number of carboxylic acid groups (broad SMARTS) is 1. The Labute approximate surface area is 112 Å². The van der Waals surface area contributed by atoms with E-state index in [0.29, 0.717) is 0 Å². The van der Waals surface area contributed by atoms with Crippen LogP contribution in [0, 0.1) is 0 Å². The standard InChI is InChI=1S/C14H18N2O3/c1-2-5-15-6-8-16(9-7-15)11-3-4-13(17)12(10-11)14(18)19/h2-4,10,17H,1,5-9H2,(H,18,19). The minimum absolute atomic E-state index is 0.0500. The lowest BCUT2D eigenvalue weighted by Crippen LogP contribution is -2.46. The zero-order chi connectivity index (χ0) is 13.8. The fraction of sp³-hybridized carbons (Fsp3) is 0.357. The van der Waals surface area contributed by atoms with Gasteiger partial charge in [0.15, 0.2) is 0 Å². The largest absolute Gasteiger partial charge is 0.507 e. The van der Waals surface area contributed by atoms with Crippen LogP contribution in [-0.2, 0) is 0 Å². The van der Waals surface area contributed by atoms with Crippen LogP contribution < -0.4 is 4.90 Å². The number of aromatic carboxylic acids is 1. The van der Waals surface area contributed by atoms with Crippen LogP contribution in [0.4, 0.5) is 5.69 Å². The number of rotatable bonds is 4. The van der Waals surface area contributed by atoms with E-state index in [1.165, 1.54) is 12.1 Å². The van der Waals surface area contributed by atoms with Crippen LogP contribution in [0.15, 0.2) is 30.9 Å². The second-order valence-corrected chi connectivity index (χ2v) is 4.58. The van der Waals surface area contributed by atoms with Gasteiger partial charge in [-0.2, -0.15) is 0 Å². The van der Waals surface area contributed by atoms with Crippen molar-refractivity contribution in [3.63, 3.8) is 0 Å². The van der Waals surface area contributed by atoms with E-state index in [-0.39, 0.29) is 11.3 Å². The van der Waals surface area contributed by atoms with Gasteiger partial charge in [-0.25, -0.2) is 4.79 Å². The number of benzene rings is 1. The highest BCUT2D eigenvalue weighted by atomic mass is 16.4. The molecule has 102 valence electrons. The lowest BCUT2D eigenvalue weighted by Gasteiger charge is -2.35. The van der Waals surface area contributed by atoms with Gasteiger partial charge in [-0.3, -0.25) is 4.90 Å². The van der Waals surface area contributed by atoms with Gasteiger partial charge < -0.3 is 15.1 Å². The van der Waals surface area contributed by atoms with Crippen molar-refractivity contribution in [1.29, 1.82) is 0 Å². The Hall–Kier alpha value is -2.01. The van der Waals surface area contributed by atoms with Gasteiger partial charge in [0.2, 0.25) is 0 Å². The maximum Gasteiger partial charge on any atom is 0.339 e. The average Bonchev–Trinajstić information content (AvgIpc) is 2.40. The van der Waals surface area contributed by atoms with Crippen molar-refractivity contribution in [1.82, 2.24) is 4.90 Å². The highest BCUT2D eigenvalue weighted by Crippen LogP contribution is 2.25. The molecule has 0 aliphatic carbocycles. The van der Waals surface area contributed by atoms with Crippen LogP contribution in [0.2, 0.25) is 0 Å². The average molecular weight is 262 g/mol. The quantitative estimate of drug-likeness (QED) is 0.803. The van der Waals surface area contributed by atoms with Crippen molar-refractivity contribution in [3.05, 3.63) is 36.4 Å². The van der Waals surface area contributed by atoms with E-state index in [0.717, 1.165) is 38.4 Å². The van der Waals surface area contributed by atoms with E-state index in [1.807, 2.05) is 6.08 Å². The number of anilines is 1. The summed E-state index contributed by atoms with van der Waals surface area (Å²) in [6, 6.07) is 4.72. The summed E-state index contributed by atoms with van der Waals surface area (Å²) >= 11 is 0. The van der Waals surface area contributed by atoms with Gasteiger partial charge in [0.1, 0.15) is 11.3 Å². The Morgan fingerprint density at radius 2 is 2.00 bits per heavy atom. The van der Waals surface area contributed by atoms with Crippen LogP contribution in [0.5, 0.6) is 5.75 Å². The van der Waals surface area contributed by atoms with E-state index in [2.05, 4.69) is 16.4 Å². The van der Waals surface area contributed by atoms with Gasteiger partial charge in [-0.1, -0.05) is 6.08 Å². The number of nitrogens with zero attached hydrogens (tertiary/aromatic N) is 2. The fourth-order valence-corrected chi connectivity index (χ4v) is 2.26. The molecular weight excluding hydrogens is 244 g/mol. The van der Waals surface area contributed by atoms with E-state index in [1.54, 1.807) is 6.07 Å². The van der Waals surface area contributed by atoms with Crippen molar-refractivity contribution in [2.24, 2.45) is 0 Å². The van der Waals surface area contributed by atoms with Gasteiger partial charge in [0, 0.05) is 38.4 Å². The van der Waals surface area contributed by atoms with Crippen molar-refractivity contribution in [3.8, 4) is 5.75 Å². The highest BCUT2D eigenvalue weighted by Gasteiger charge is 2.18. The zero-order valence-corrected chi connectivity index (χ0v) is 10.7. The van der Waals surface area contributed by atoms with Crippen molar-refractivity contribution < 1.29 is 15.0 Å². The summed E-state index contributed by atoms with van der Waals surface area (Å²) in [5.74, 6) is -1.30.